The van der Waals surface area contributed by atoms with E-state index in [2.05, 4.69) is 226 Å². The molecular weight excluding hydrogens is 730 g/mol. The highest BCUT2D eigenvalue weighted by Gasteiger charge is 2.29. The second-order valence-electron chi connectivity index (χ2n) is 16.5. The van der Waals surface area contributed by atoms with E-state index in [9.17, 15) is 0 Å². The van der Waals surface area contributed by atoms with Crippen LogP contribution in [0.25, 0.3) is 11.0 Å². The first-order valence-corrected chi connectivity index (χ1v) is 20.5. The van der Waals surface area contributed by atoms with Gasteiger partial charge in [0, 0.05) is 39.5 Å². The number of halogens is 1. The summed E-state index contributed by atoms with van der Waals surface area (Å²) in [6.07, 6.45) is 2.89. The van der Waals surface area contributed by atoms with Crippen molar-refractivity contribution in [1.29, 1.82) is 0 Å². The second-order valence-corrected chi connectivity index (χ2v) is 16.9. The van der Waals surface area contributed by atoms with E-state index in [0.29, 0.717) is 5.02 Å². The topological polar surface area (TPSA) is 22.9 Å². The van der Waals surface area contributed by atoms with Gasteiger partial charge in [0.2, 0.25) is 0 Å². The first-order valence-electron chi connectivity index (χ1n) is 20.1. The predicted molar refractivity (Wildman–Crippen MR) is 247 cm³/mol. The van der Waals surface area contributed by atoms with Crippen LogP contribution in [0.5, 0.6) is 0 Å². The average Bonchev–Trinajstić information content (AvgIpc) is 3.66. The first-order chi connectivity index (χ1) is 28.0. The second kappa shape index (κ2) is 16.0. The van der Waals surface area contributed by atoms with Gasteiger partial charge in [0.05, 0.1) is 22.1 Å². The first kappa shape index (κ1) is 38.6. The van der Waals surface area contributed by atoms with Crippen molar-refractivity contribution in [2.45, 2.75) is 58.8 Å². The molecule has 1 aromatic heterocycles. The van der Waals surface area contributed by atoms with Crippen molar-refractivity contribution in [2.24, 2.45) is 0 Å². The Morgan fingerprint density at radius 1 is 0.448 bits per heavy atom. The van der Waals surface area contributed by atoms with Crippen LogP contribution in [0, 0.1) is 0 Å². The highest BCUT2D eigenvalue weighted by molar-refractivity contribution is 6.37. The molecule has 0 aliphatic heterocycles. The normalized spacial score (nSPS) is 11.8. The van der Waals surface area contributed by atoms with Gasteiger partial charge in [0.25, 0.3) is 0 Å². The van der Waals surface area contributed by atoms with Crippen LogP contribution in [0.2, 0.25) is 5.02 Å². The summed E-state index contributed by atoms with van der Waals surface area (Å²) in [6, 6.07) is 61.8. The monoisotopic (exact) mass is 779 g/mol. The summed E-state index contributed by atoms with van der Waals surface area (Å²) in [5.41, 5.74) is 11.8. The number of hydrogen-bond donors (Lipinski definition) is 0. The molecule has 4 nitrogen and oxygen atoms in total. The van der Waals surface area contributed by atoms with Crippen molar-refractivity contribution < 1.29 is 4.42 Å². The van der Waals surface area contributed by atoms with Gasteiger partial charge in [-0.1, -0.05) is 138 Å². The molecule has 8 rings (SSSR count). The zero-order valence-electron chi connectivity index (χ0n) is 34.2. The van der Waals surface area contributed by atoms with Crippen LogP contribution < -0.4 is 14.7 Å². The summed E-state index contributed by atoms with van der Waals surface area (Å²) in [6.45, 7) is 13.6. The number of benzene rings is 7. The lowest BCUT2D eigenvalue weighted by Crippen LogP contribution is -2.19. The van der Waals surface area contributed by atoms with Crippen LogP contribution in [0.3, 0.4) is 0 Å². The van der Waals surface area contributed by atoms with E-state index in [1.165, 1.54) is 5.56 Å². The zero-order chi connectivity index (χ0) is 40.4. The van der Waals surface area contributed by atoms with E-state index >= 15 is 0 Å². The van der Waals surface area contributed by atoms with Crippen LogP contribution in [0.15, 0.2) is 187 Å². The third-order valence-corrected chi connectivity index (χ3v) is 11.6. The Hall–Kier alpha value is -6.23. The molecule has 1 heterocycles. The maximum absolute atomic E-state index is 7.93. The molecule has 0 saturated heterocycles. The molecule has 5 heteroatoms. The highest BCUT2D eigenvalue weighted by Crippen LogP contribution is 2.51. The number of hydrogen-bond acceptors (Lipinski definition) is 4. The molecule has 0 radical (unpaired) electrons. The SMILES string of the molecule is CCC(C)(C)c1ccc2occ(N(c3ccccc3)c3cc(C(C)(C)C)cc(N(c4ccccc4)c4cccc(N(c5ccccc5)c5ccccc5)c4)c3Cl)c2c1. The lowest BCUT2D eigenvalue weighted by atomic mass is 9.82. The van der Waals surface area contributed by atoms with Gasteiger partial charge in [-0.2, -0.15) is 0 Å². The Bertz CT molecular complexity index is 2590. The summed E-state index contributed by atoms with van der Waals surface area (Å²) in [5.74, 6) is 0. The molecule has 0 unspecified atom stereocenters. The molecule has 290 valence electrons. The van der Waals surface area contributed by atoms with Crippen molar-refractivity contribution in [3.63, 3.8) is 0 Å². The fraction of sp³-hybridized carbons (Fsp3) is 0.170. The number of rotatable bonds is 11. The molecule has 0 spiro atoms. The van der Waals surface area contributed by atoms with Crippen molar-refractivity contribution in [3.8, 4) is 0 Å². The average molecular weight is 780 g/mol. The smallest absolute Gasteiger partial charge is 0.136 e. The van der Waals surface area contributed by atoms with Gasteiger partial charge in [-0.15, -0.1) is 0 Å². The van der Waals surface area contributed by atoms with Crippen molar-refractivity contribution >= 4 is 73.8 Å². The number of furan rings is 1. The van der Waals surface area contributed by atoms with Gasteiger partial charge < -0.3 is 19.1 Å². The minimum atomic E-state index is -0.213. The van der Waals surface area contributed by atoms with E-state index in [1.54, 1.807) is 0 Å². The minimum absolute atomic E-state index is 0.00139. The van der Waals surface area contributed by atoms with Gasteiger partial charge in [0.1, 0.15) is 11.8 Å². The van der Waals surface area contributed by atoms with Crippen molar-refractivity contribution in [2.75, 3.05) is 14.7 Å². The Morgan fingerprint density at radius 2 is 0.897 bits per heavy atom. The summed E-state index contributed by atoms with van der Waals surface area (Å²) >= 11 is 7.93. The van der Waals surface area contributed by atoms with E-state index in [4.69, 9.17) is 16.0 Å². The highest BCUT2D eigenvalue weighted by atomic mass is 35.5. The summed E-state index contributed by atoms with van der Waals surface area (Å²) in [7, 11) is 0. The molecule has 0 fully saturated rings. The van der Waals surface area contributed by atoms with E-state index in [-0.39, 0.29) is 10.8 Å². The lowest BCUT2D eigenvalue weighted by molar-refractivity contribution is 0.506. The molecule has 8 aromatic rings. The third-order valence-electron chi connectivity index (χ3n) is 11.2. The van der Waals surface area contributed by atoms with Crippen molar-refractivity contribution in [1.82, 2.24) is 0 Å². The number of fused-ring (bicyclic) bond motifs is 1. The van der Waals surface area contributed by atoms with Crippen molar-refractivity contribution in [3.05, 3.63) is 198 Å². The molecule has 7 aromatic carbocycles. The molecule has 0 saturated carbocycles. The van der Waals surface area contributed by atoms with Gasteiger partial charge in [-0.25, -0.2) is 0 Å². The van der Waals surface area contributed by atoms with Crippen LogP contribution in [-0.2, 0) is 10.8 Å². The summed E-state index contributed by atoms with van der Waals surface area (Å²) in [5, 5.41) is 1.66. The minimum Gasteiger partial charge on any atom is -0.462 e. The fourth-order valence-corrected chi connectivity index (χ4v) is 7.81. The fourth-order valence-electron chi connectivity index (χ4n) is 7.53. The maximum atomic E-state index is 7.93. The number of anilines is 9. The van der Waals surface area contributed by atoms with Gasteiger partial charge >= 0.3 is 0 Å². The quantitative estimate of drug-likeness (QED) is 0.130. The Morgan fingerprint density at radius 3 is 1.40 bits per heavy atom. The number of para-hydroxylation sites is 4. The van der Waals surface area contributed by atoms with Crippen LogP contribution >= 0.6 is 11.6 Å². The van der Waals surface area contributed by atoms with E-state index < -0.39 is 0 Å². The molecule has 0 N–H and O–H groups in total. The van der Waals surface area contributed by atoms with E-state index in [0.717, 1.165) is 74.1 Å². The molecule has 0 aliphatic rings. The summed E-state index contributed by atoms with van der Waals surface area (Å²) < 4.78 is 6.34. The third kappa shape index (κ3) is 7.60. The predicted octanol–water partition coefficient (Wildman–Crippen LogP) is 16.5. The van der Waals surface area contributed by atoms with Gasteiger partial charge in [-0.3, -0.25) is 0 Å². The van der Waals surface area contributed by atoms with E-state index in [1.807, 2.05) is 12.3 Å². The van der Waals surface area contributed by atoms with Crippen LogP contribution in [0.4, 0.5) is 51.2 Å². The Balaban J connectivity index is 1.38. The molecule has 0 aliphatic carbocycles. The van der Waals surface area contributed by atoms with Gasteiger partial charge in [-0.05, 0) is 119 Å². The summed E-state index contributed by atoms with van der Waals surface area (Å²) in [4.78, 5) is 6.85. The number of nitrogens with zero attached hydrogens (tertiary/aromatic N) is 3. The molecule has 0 amide bonds. The largest absolute Gasteiger partial charge is 0.462 e. The molecule has 0 bridgehead atoms. The standard InChI is InChI=1S/C53H50ClN3O/c1-7-53(5,6)38-31-32-50-46(33-38)49(37-58-50)57(43-27-18-11-19-28-43)48-35-39(52(2,3)4)34-47(51(48)54)56(42-25-16-10-17-26-42)45-30-20-29-44(36-45)55(40-21-12-8-13-22-40)41-23-14-9-15-24-41/h8-37H,7H2,1-6H3. The van der Waals surface area contributed by atoms with Crippen LogP contribution in [-0.4, -0.2) is 0 Å². The van der Waals surface area contributed by atoms with Gasteiger partial charge in [0.15, 0.2) is 0 Å². The maximum Gasteiger partial charge on any atom is 0.136 e. The van der Waals surface area contributed by atoms with Crippen LogP contribution in [0.1, 0.15) is 59.1 Å². The Labute approximate surface area is 348 Å². The lowest BCUT2D eigenvalue weighted by Gasteiger charge is -2.34. The zero-order valence-corrected chi connectivity index (χ0v) is 34.9. The molecule has 0 atom stereocenters. The molecular formula is C53H50ClN3O. The Kier molecular flexibility index (Phi) is 10.6. The molecule has 58 heavy (non-hydrogen) atoms.